The molecule has 2 saturated heterocycles. The second kappa shape index (κ2) is 6.98. The summed E-state index contributed by atoms with van der Waals surface area (Å²) >= 11 is 0. The number of hydrogen-bond donors (Lipinski definition) is 1. The Bertz CT molecular complexity index is 620. The normalized spacial score (nSPS) is 22.4. The van der Waals surface area contributed by atoms with Crippen LogP contribution < -0.4 is 10.2 Å². The molecule has 0 radical (unpaired) electrons. The predicted molar refractivity (Wildman–Crippen MR) is 95.0 cm³/mol. The second-order valence-electron chi connectivity index (χ2n) is 7.91. The van der Waals surface area contributed by atoms with Gasteiger partial charge in [-0.3, -0.25) is 14.6 Å². The third-order valence-corrected chi connectivity index (χ3v) is 5.02. The van der Waals surface area contributed by atoms with E-state index in [-0.39, 0.29) is 29.3 Å². The highest BCUT2D eigenvalue weighted by atomic mass is 16.2. The van der Waals surface area contributed by atoms with Crippen molar-refractivity contribution in [3.63, 3.8) is 0 Å². The van der Waals surface area contributed by atoms with Crippen molar-refractivity contribution in [2.75, 3.05) is 24.5 Å². The van der Waals surface area contributed by atoms with Crippen molar-refractivity contribution in [1.29, 1.82) is 0 Å². The van der Waals surface area contributed by atoms with Crippen molar-refractivity contribution in [2.24, 2.45) is 5.92 Å². The minimum Gasteiger partial charge on any atom is -0.355 e. The fraction of sp³-hybridized carbons (Fsp3) is 0.667. The Morgan fingerprint density at radius 1 is 1.24 bits per heavy atom. The third-order valence-electron chi connectivity index (χ3n) is 5.02. The molecule has 2 aliphatic rings. The molecular weight excluding hydrogens is 318 g/mol. The highest BCUT2D eigenvalue weighted by Gasteiger charge is 2.39. The smallest absolute Gasteiger partial charge is 0.225 e. The van der Waals surface area contributed by atoms with Crippen LogP contribution in [0.1, 0.15) is 40.0 Å². The Labute approximate surface area is 148 Å². The minimum absolute atomic E-state index is 0.0121. The molecule has 7 nitrogen and oxygen atoms in total. The monoisotopic (exact) mass is 345 g/mol. The van der Waals surface area contributed by atoms with Gasteiger partial charge in [-0.05, 0) is 33.6 Å². The van der Waals surface area contributed by atoms with Gasteiger partial charge in [0.25, 0.3) is 0 Å². The molecule has 0 unspecified atom stereocenters. The zero-order valence-corrected chi connectivity index (χ0v) is 15.2. The number of carbonyl (C=O) groups is 2. The SMILES string of the molecule is CC(C)(C)N1C[C@H](C(=O)NC2CCN(c3cnccn3)CC2)CC1=O. The first-order chi connectivity index (χ1) is 11.8. The summed E-state index contributed by atoms with van der Waals surface area (Å²) in [5, 5.41) is 3.14. The maximum Gasteiger partial charge on any atom is 0.225 e. The molecule has 1 atom stereocenters. The second-order valence-corrected chi connectivity index (χ2v) is 7.91. The lowest BCUT2D eigenvalue weighted by Crippen LogP contribution is -2.47. The zero-order valence-electron chi connectivity index (χ0n) is 15.2. The van der Waals surface area contributed by atoms with Gasteiger partial charge in [0.2, 0.25) is 11.8 Å². The van der Waals surface area contributed by atoms with Crippen LogP contribution in [0.2, 0.25) is 0 Å². The maximum atomic E-state index is 12.6. The summed E-state index contributed by atoms with van der Waals surface area (Å²) < 4.78 is 0. The van der Waals surface area contributed by atoms with Crippen LogP contribution in [0, 0.1) is 5.92 Å². The number of hydrogen-bond acceptors (Lipinski definition) is 5. The van der Waals surface area contributed by atoms with Gasteiger partial charge in [0.1, 0.15) is 5.82 Å². The van der Waals surface area contributed by atoms with Gasteiger partial charge < -0.3 is 15.1 Å². The maximum absolute atomic E-state index is 12.6. The lowest BCUT2D eigenvalue weighted by molar-refractivity contribution is -0.132. The van der Waals surface area contributed by atoms with Crippen LogP contribution in [-0.2, 0) is 9.59 Å². The predicted octanol–water partition coefficient (Wildman–Crippen LogP) is 1.21. The van der Waals surface area contributed by atoms with E-state index in [4.69, 9.17) is 0 Å². The van der Waals surface area contributed by atoms with Crippen LogP contribution in [0.5, 0.6) is 0 Å². The van der Waals surface area contributed by atoms with Crippen LogP contribution in [0.25, 0.3) is 0 Å². The molecule has 1 N–H and O–H groups in total. The molecule has 0 saturated carbocycles. The Morgan fingerprint density at radius 2 is 1.96 bits per heavy atom. The molecule has 25 heavy (non-hydrogen) atoms. The van der Waals surface area contributed by atoms with Gasteiger partial charge in [-0.25, -0.2) is 4.98 Å². The molecule has 136 valence electrons. The summed E-state index contributed by atoms with van der Waals surface area (Å²) in [5.41, 5.74) is -0.228. The summed E-state index contributed by atoms with van der Waals surface area (Å²) in [6.07, 6.45) is 7.21. The first-order valence-electron chi connectivity index (χ1n) is 8.96. The summed E-state index contributed by atoms with van der Waals surface area (Å²) in [7, 11) is 0. The van der Waals surface area contributed by atoms with E-state index in [9.17, 15) is 9.59 Å². The average molecular weight is 345 g/mol. The summed E-state index contributed by atoms with van der Waals surface area (Å²) in [4.78, 5) is 37.1. The molecule has 3 rings (SSSR count). The van der Waals surface area contributed by atoms with Gasteiger partial charge in [0, 0.05) is 50.0 Å². The number of amides is 2. The molecule has 0 aromatic carbocycles. The number of nitrogens with zero attached hydrogens (tertiary/aromatic N) is 4. The number of aromatic nitrogens is 2. The van der Waals surface area contributed by atoms with Crippen molar-refractivity contribution in [3.05, 3.63) is 18.6 Å². The van der Waals surface area contributed by atoms with Gasteiger partial charge >= 0.3 is 0 Å². The van der Waals surface area contributed by atoms with Gasteiger partial charge in [0.05, 0.1) is 12.1 Å². The van der Waals surface area contributed by atoms with E-state index in [1.165, 1.54) is 0 Å². The van der Waals surface area contributed by atoms with E-state index in [1.807, 2.05) is 25.7 Å². The molecule has 1 aromatic heterocycles. The summed E-state index contributed by atoms with van der Waals surface area (Å²) in [6.45, 7) is 8.24. The van der Waals surface area contributed by atoms with E-state index in [0.29, 0.717) is 13.0 Å². The molecule has 0 aliphatic carbocycles. The van der Waals surface area contributed by atoms with Crippen LogP contribution >= 0.6 is 0 Å². The van der Waals surface area contributed by atoms with Crippen molar-refractivity contribution in [1.82, 2.24) is 20.2 Å². The first-order valence-corrected chi connectivity index (χ1v) is 8.96. The number of anilines is 1. The lowest BCUT2D eigenvalue weighted by atomic mass is 10.0. The van der Waals surface area contributed by atoms with Crippen molar-refractivity contribution in [3.8, 4) is 0 Å². The molecule has 1 aromatic rings. The fourth-order valence-corrected chi connectivity index (χ4v) is 3.56. The minimum atomic E-state index is -0.232. The average Bonchev–Trinajstić information content (AvgIpc) is 2.99. The van der Waals surface area contributed by atoms with E-state index in [2.05, 4.69) is 20.2 Å². The Kier molecular flexibility index (Phi) is 4.92. The Hall–Kier alpha value is -2.18. The van der Waals surface area contributed by atoms with Crippen molar-refractivity contribution >= 4 is 17.6 Å². The highest BCUT2D eigenvalue weighted by Crippen LogP contribution is 2.26. The quantitative estimate of drug-likeness (QED) is 0.891. The molecular formula is C18H27N5O2. The van der Waals surface area contributed by atoms with Gasteiger partial charge in [0.15, 0.2) is 0 Å². The van der Waals surface area contributed by atoms with E-state index >= 15 is 0 Å². The first kappa shape index (κ1) is 17.6. The van der Waals surface area contributed by atoms with Crippen LogP contribution in [0.15, 0.2) is 18.6 Å². The number of carbonyl (C=O) groups excluding carboxylic acids is 2. The van der Waals surface area contributed by atoms with E-state index in [0.717, 1.165) is 31.7 Å². The van der Waals surface area contributed by atoms with Gasteiger partial charge in [-0.2, -0.15) is 0 Å². The van der Waals surface area contributed by atoms with Gasteiger partial charge in [-0.15, -0.1) is 0 Å². The van der Waals surface area contributed by atoms with Crippen molar-refractivity contribution in [2.45, 2.75) is 51.6 Å². The molecule has 2 aliphatic heterocycles. The van der Waals surface area contributed by atoms with E-state index < -0.39 is 0 Å². The lowest BCUT2D eigenvalue weighted by Gasteiger charge is -2.34. The third kappa shape index (κ3) is 4.08. The molecule has 0 bridgehead atoms. The van der Waals surface area contributed by atoms with Crippen LogP contribution in [-0.4, -0.2) is 57.9 Å². The van der Waals surface area contributed by atoms with Gasteiger partial charge in [-0.1, -0.05) is 0 Å². The molecule has 7 heteroatoms. The standard InChI is InChI=1S/C18H27N5O2/c1-18(2,3)23-12-13(10-16(23)24)17(25)21-14-4-8-22(9-5-14)15-11-19-6-7-20-15/h6-7,11,13-14H,4-5,8-10,12H2,1-3H3,(H,21,25)/t13-/m1/s1. The molecule has 0 spiro atoms. The molecule has 3 heterocycles. The van der Waals surface area contributed by atoms with Crippen molar-refractivity contribution < 1.29 is 9.59 Å². The Morgan fingerprint density at radius 3 is 2.52 bits per heavy atom. The topological polar surface area (TPSA) is 78.4 Å². The number of nitrogens with one attached hydrogen (secondary N) is 1. The fourth-order valence-electron chi connectivity index (χ4n) is 3.56. The van der Waals surface area contributed by atoms with Crippen LogP contribution in [0.4, 0.5) is 5.82 Å². The molecule has 2 fully saturated rings. The van der Waals surface area contributed by atoms with Crippen LogP contribution in [0.3, 0.4) is 0 Å². The summed E-state index contributed by atoms with van der Waals surface area (Å²) in [6, 6.07) is 0.166. The van der Waals surface area contributed by atoms with E-state index in [1.54, 1.807) is 18.6 Å². The zero-order chi connectivity index (χ0) is 18.0. The largest absolute Gasteiger partial charge is 0.355 e. The summed E-state index contributed by atoms with van der Waals surface area (Å²) in [5.74, 6) is 0.738. The molecule has 2 amide bonds. The number of rotatable bonds is 3. The Balaban J connectivity index is 1.49. The highest BCUT2D eigenvalue weighted by molar-refractivity contribution is 5.89. The number of likely N-dealkylation sites (tertiary alicyclic amines) is 1. The number of piperidine rings is 1.